The van der Waals surface area contributed by atoms with Gasteiger partial charge in [-0.1, -0.05) is 19.8 Å². The molecule has 0 unspecified atom stereocenters. The maximum Gasteiger partial charge on any atom is 0.226 e. The summed E-state index contributed by atoms with van der Waals surface area (Å²) in [4.78, 5) is 0. The van der Waals surface area contributed by atoms with Crippen molar-refractivity contribution in [3.05, 3.63) is 0 Å². The van der Waals surface area contributed by atoms with E-state index in [9.17, 15) is 0 Å². The Morgan fingerprint density at radius 3 is 1.92 bits per heavy atom. The van der Waals surface area contributed by atoms with Crippen LogP contribution in [0.25, 0.3) is 0 Å². The Labute approximate surface area is 90.1 Å². The molecule has 0 amide bonds. The molecule has 0 saturated heterocycles. The van der Waals surface area contributed by atoms with Crippen LogP contribution in [0.2, 0.25) is 0 Å². The summed E-state index contributed by atoms with van der Waals surface area (Å²) in [5.74, 6) is 0. The van der Waals surface area contributed by atoms with E-state index in [0.29, 0.717) is 13.2 Å². The van der Waals surface area contributed by atoms with E-state index < -0.39 is 4.70 Å². The van der Waals surface area contributed by atoms with Crippen LogP contribution in [0.5, 0.6) is 0 Å². The van der Waals surface area contributed by atoms with Crippen LogP contribution >= 0.6 is 15.9 Å². The number of hydrogen-bond acceptors (Lipinski definition) is 2. The van der Waals surface area contributed by atoms with Gasteiger partial charge in [0.05, 0.1) is 0 Å². The molecule has 0 fully saturated rings. The third-order valence-corrected chi connectivity index (χ3v) is 2.65. The van der Waals surface area contributed by atoms with Gasteiger partial charge in [0.2, 0.25) is 4.70 Å². The van der Waals surface area contributed by atoms with E-state index in [4.69, 9.17) is 9.47 Å². The van der Waals surface area contributed by atoms with Crippen molar-refractivity contribution in [3.63, 3.8) is 0 Å². The highest BCUT2D eigenvalue weighted by Crippen LogP contribution is 2.28. The van der Waals surface area contributed by atoms with Crippen molar-refractivity contribution >= 4 is 15.9 Å². The van der Waals surface area contributed by atoms with Gasteiger partial charge < -0.3 is 9.47 Å². The lowest BCUT2D eigenvalue weighted by Crippen LogP contribution is -2.28. The van der Waals surface area contributed by atoms with Crippen molar-refractivity contribution in [1.29, 1.82) is 0 Å². The van der Waals surface area contributed by atoms with Gasteiger partial charge in [0.15, 0.2) is 0 Å². The smallest absolute Gasteiger partial charge is 0.226 e. The Balaban J connectivity index is 3.76. The predicted octanol–water partition coefficient (Wildman–Crippen LogP) is 3.69. The minimum absolute atomic E-state index is 0.536. The molecule has 0 heterocycles. The van der Waals surface area contributed by atoms with Gasteiger partial charge in [0, 0.05) is 19.6 Å². The average molecular weight is 253 g/mol. The molecule has 0 aliphatic rings. The van der Waals surface area contributed by atoms with E-state index in [2.05, 4.69) is 22.9 Å². The van der Waals surface area contributed by atoms with Crippen LogP contribution in [-0.4, -0.2) is 17.9 Å². The SMILES string of the molecule is CCCCCC(Br)(OCC)OCC. The van der Waals surface area contributed by atoms with Crippen molar-refractivity contribution in [2.24, 2.45) is 0 Å². The Morgan fingerprint density at radius 1 is 1.00 bits per heavy atom. The summed E-state index contributed by atoms with van der Waals surface area (Å²) >= 11 is 3.49. The van der Waals surface area contributed by atoms with Gasteiger partial charge in [-0.25, -0.2) is 0 Å². The number of rotatable bonds is 8. The Kier molecular flexibility index (Phi) is 8.01. The van der Waals surface area contributed by atoms with Crippen molar-refractivity contribution in [1.82, 2.24) is 0 Å². The first-order chi connectivity index (χ1) is 6.18. The van der Waals surface area contributed by atoms with Gasteiger partial charge >= 0.3 is 0 Å². The maximum absolute atomic E-state index is 5.51. The van der Waals surface area contributed by atoms with Crippen LogP contribution < -0.4 is 0 Å². The number of ether oxygens (including phenoxy) is 2. The summed E-state index contributed by atoms with van der Waals surface area (Å²) in [5, 5.41) is 0. The van der Waals surface area contributed by atoms with Crippen LogP contribution in [0.4, 0.5) is 0 Å². The van der Waals surface area contributed by atoms with Crippen molar-refractivity contribution in [2.75, 3.05) is 13.2 Å². The lowest BCUT2D eigenvalue weighted by Gasteiger charge is -2.26. The summed E-state index contributed by atoms with van der Waals surface area (Å²) in [7, 11) is 0. The van der Waals surface area contributed by atoms with Crippen LogP contribution in [0.1, 0.15) is 46.5 Å². The summed E-state index contributed by atoms with van der Waals surface area (Å²) in [6.45, 7) is 7.51. The largest absolute Gasteiger partial charge is 0.341 e. The van der Waals surface area contributed by atoms with Crippen molar-refractivity contribution in [2.45, 2.75) is 51.2 Å². The zero-order chi connectivity index (χ0) is 10.2. The normalized spacial score (nSPS) is 12.0. The zero-order valence-electron chi connectivity index (χ0n) is 8.94. The molecule has 0 saturated carbocycles. The Bertz CT molecular complexity index is 111. The molecule has 0 rings (SSSR count). The van der Waals surface area contributed by atoms with Crippen molar-refractivity contribution in [3.8, 4) is 0 Å². The topological polar surface area (TPSA) is 18.5 Å². The Hall–Kier alpha value is 0.400. The highest BCUT2D eigenvalue weighted by atomic mass is 79.9. The minimum atomic E-state index is -0.536. The first kappa shape index (κ1) is 13.4. The molecule has 0 atom stereocenters. The molecule has 0 aliphatic carbocycles. The molecule has 0 bridgehead atoms. The molecule has 3 heteroatoms. The molecular weight excluding hydrogens is 232 g/mol. The first-order valence-electron chi connectivity index (χ1n) is 5.15. The molecule has 2 nitrogen and oxygen atoms in total. The number of halogens is 1. The number of alkyl halides is 1. The monoisotopic (exact) mass is 252 g/mol. The fourth-order valence-corrected chi connectivity index (χ4v) is 1.94. The molecule has 80 valence electrons. The maximum atomic E-state index is 5.51. The van der Waals surface area contributed by atoms with E-state index in [-0.39, 0.29) is 0 Å². The molecule has 0 aliphatic heterocycles. The van der Waals surface area contributed by atoms with Gasteiger partial charge in [0.1, 0.15) is 0 Å². The van der Waals surface area contributed by atoms with Crippen LogP contribution in [0, 0.1) is 0 Å². The second-order valence-corrected chi connectivity index (χ2v) is 4.19. The first-order valence-corrected chi connectivity index (χ1v) is 5.94. The Morgan fingerprint density at radius 2 is 1.54 bits per heavy atom. The second kappa shape index (κ2) is 7.77. The molecule has 0 aromatic rings. The summed E-state index contributed by atoms with van der Waals surface area (Å²) in [6.07, 6.45) is 4.51. The third-order valence-electron chi connectivity index (χ3n) is 1.80. The van der Waals surface area contributed by atoms with Crippen LogP contribution in [-0.2, 0) is 9.47 Å². The fourth-order valence-electron chi connectivity index (χ4n) is 1.20. The summed E-state index contributed by atoms with van der Waals surface area (Å²) in [6, 6.07) is 0. The quantitative estimate of drug-likeness (QED) is 0.373. The predicted molar refractivity (Wildman–Crippen MR) is 59.1 cm³/mol. The van der Waals surface area contributed by atoms with E-state index >= 15 is 0 Å². The minimum Gasteiger partial charge on any atom is -0.341 e. The second-order valence-electron chi connectivity index (χ2n) is 2.98. The average Bonchev–Trinajstić information content (AvgIpc) is 2.05. The summed E-state index contributed by atoms with van der Waals surface area (Å²) < 4.78 is 10.5. The van der Waals surface area contributed by atoms with E-state index in [1.165, 1.54) is 12.8 Å². The zero-order valence-corrected chi connectivity index (χ0v) is 10.5. The van der Waals surface area contributed by atoms with E-state index in [1.807, 2.05) is 13.8 Å². The lowest BCUT2D eigenvalue weighted by molar-refractivity contribution is -0.164. The molecule has 0 spiro atoms. The number of unbranched alkanes of at least 4 members (excludes halogenated alkanes) is 2. The van der Waals surface area contributed by atoms with Gasteiger partial charge in [-0.3, -0.25) is 0 Å². The molecule has 0 aromatic heterocycles. The van der Waals surface area contributed by atoms with E-state index in [1.54, 1.807) is 0 Å². The molecule has 13 heavy (non-hydrogen) atoms. The van der Waals surface area contributed by atoms with Crippen molar-refractivity contribution < 1.29 is 9.47 Å². The highest BCUT2D eigenvalue weighted by Gasteiger charge is 2.26. The van der Waals surface area contributed by atoms with Gasteiger partial charge in [0.25, 0.3) is 0 Å². The fraction of sp³-hybridized carbons (Fsp3) is 1.00. The third kappa shape index (κ3) is 6.47. The molecular formula is C10H21BrO2. The van der Waals surface area contributed by atoms with Crippen LogP contribution in [0.15, 0.2) is 0 Å². The standard InChI is InChI=1S/C10H21BrO2/c1-4-7-8-9-10(11,12-5-2)13-6-3/h4-9H2,1-3H3. The summed E-state index contributed by atoms with van der Waals surface area (Å²) in [5.41, 5.74) is 0. The van der Waals surface area contributed by atoms with Gasteiger partial charge in [-0.15, -0.1) is 0 Å². The van der Waals surface area contributed by atoms with Gasteiger partial charge in [-0.05, 0) is 36.2 Å². The molecule has 0 N–H and O–H groups in total. The molecule has 0 radical (unpaired) electrons. The lowest BCUT2D eigenvalue weighted by atomic mass is 10.2. The van der Waals surface area contributed by atoms with Crippen LogP contribution in [0.3, 0.4) is 0 Å². The highest BCUT2D eigenvalue weighted by molar-refractivity contribution is 9.10. The number of hydrogen-bond donors (Lipinski definition) is 0. The molecule has 0 aromatic carbocycles. The van der Waals surface area contributed by atoms with Gasteiger partial charge in [-0.2, -0.15) is 0 Å². The van der Waals surface area contributed by atoms with E-state index in [0.717, 1.165) is 12.8 Å².